The van der Waals surface area contributed by atoms with E-state index >= 15 is 0 Å². The van der Waals surface area contributed by atoms with Crippen LogP contribution in [0.15, 0.2) is 0 Å². The Bertz CT molecular complexity index is 316. The van der Waals surface area contributed by atoms with Gasteiger partial charge in [-0.2, -0.15) is 12.7 Å². The predicted molar refractivity (Wildman–Crippen MR) is 65.1 cm³/mol. The van der Waals surface area contributed by atoms with Crippen molar-refractivity contribution in [3.63, 3.8) is 0 Å². The molecule has 0 aromatic carbocycles. The van der Waals surface area contributed by atoms with Crippen LogP contribution < -0.4 is 10.5 Å². The van der Waals surface area contributed by atoms with E-state index < -0.39 is 10.2 Å². The Labute approximate surface area is 98.6 Å². The summed E-state index contributed by atoms with van der Waals surface area (Å²) >= 11 is 0. The molecule has 0 saturated heterocycles. The molecule has 0 aromatic rings. The zero-order valence-corrected chi connectivity index (χ0v) is 11.1. The number of hydrogen-bond donors (Lipinski definition) is 2. The van der Waals surface area contributed by atoms with Gasteiger partial charge in [-0.1, -0.05) is 6.42 Å². The second-order valence-corrected chi connectivity index (χ2v) is 6.63. The molecule has 1 aliphatic rings. The molecule has 1 fully saturated rings. The number of nitrogens with two attached hydrogens (primary N) is 1. The topological polar surface area (TPSA) is 75.4 Å². The maximum atomic E-state index is 11.8. The van der Waals surface area contributed by atoms with Crippen molar-refractivity contribution < 1.29 is 8.42 Å². The second kappa shape index (κ2) is 5.44. The van der Waals surface area contributed by atoms with Gasteiger partial charge in [0, 0.05) is 25.7 Å². The standard InChI is InChI=1S/C10H23N3O2S/c1-8(2)13(3)16(14,15)12-7-9-5-4-6-10(9)11/h8-10,12H,4-7,11H2,1-3H3. The van der Waals surface area contributed by atoms with E-state index in [2.05, 4.69) is 4.72 Å². The number of rotatable bonds is 5. The zero-order chi connectivity index (χ0) is 12.3. The summed E-state index contributed by atoms with van der Waals surface area (Å²) in [5.41, 5.74) is 5.90. The van der Waals surface area contributed by atoms with E-state index in [1.165, 1.54) is 4.31 Å². The molecule has 1 saturated carbocycles. The lowest BCUT2D eigenvalue weighted by molar-refractivity contribution is 0.393. The van der Waals surface area contributed by atoms with Crippen LogP contribution in [0.2, 0.25) is 0 Å². The summed E-state index contributed by atoms with van der Waals surface area (Å²) in [6.07, 6.45) is 3.13. The van der Waals surface area contributed by atoms with E-state index in [9.17, 15) is 8.42 Å². The van der Waals surface area contributed by atoms with Crippen molar-refractivity contribution in [2.45, 2.75) is 45.2 Å². The molecule has 5 nitrogen and oxygen atoms in total. The summed E-state index contributed by atoms with van der Waals surface area (Å²) in [5.74, 6) is 0.287. The first-order valence-electron chi connectivity index (χ1n) is 5.83. The first-order valence-corrected chi connectivity index (χ1v) is 7.27. The molecule has 0 heterocycles. The molecule has 16 heavy (non-hydrogen) atoms. The summed E-state index contributed by atoms with van der Waals surface area (Å²) in [6, 6.07) is 0.113. The maximum absolute atomic E-state index is 11.8. The summed E-state index contributed by atoms with van der Waals surface area (Å²) in [5, 5.41) is 0. The van der Waals surface area contributed by atoms with Gasteiger partial charge in [0.15, 0.2) is 0 Å². The van der Waals surface area contributed by atoms with Gasteiger partial charge in [-0.05, 0) is 32.6 Å². The molecule has 0 amide bonds. The normalized spacial score (nSPS) is 26.9. The van der Waals surface area contributed by atoms with Crippen LogP contribution in [-0.4, -0.2) is 38.4 Å². The Morgan fingerprint density at radius 3 is 2.50 bits per heavy atom. The third-order valence-electron chi connectivity index (χ3n) is 3.35. The molecule has 2 atom stereocenters. The largest absolute Gasteiger partial charge is 0.327 e. The fourth-order valence-corrected chi connectivity index (χ4v) is 3.09. The fourth-order valence-electron chi connectivity index (χ4n) is 1.91. The van der Waals surface area contributed by atoms with E-state index in [-0.39, 0.29) is 18.0 Å². The minimum Gasteiger partial charge on any atom is -0.327 e. The van der Waals surface area contributed by atoms with Crippen LogP contribution in [0.3, 0.4) is 0 Å². The van der Waals surface area contributed by atoms with E-state index in [1.807, 2.05) is 13.8 Å². The highest BCUT2D eigenvalue weighted by Gasteiger charge is 2.27. The number of nitrogens with one attached hydrogen (secondary N) is 1. The quantitative estimate of drug-likeness (QED) is 0.735. The summed E-state index contributed by atoms with van der Waals surface area (Å²) in [7, 11) is -1.76. The van der Waals surface area contributed by atoms with Gasteiger partial charge in [0.1, 0.15) is 0 Å². The highest BCUT2D eigenvalue weighted by Crippen LogP contribution is 2.23. The van der Waals surface area contributed by atoms with Crippen molar-refractivity contribution in [3.05, 3.63) is 0 Å². The average molecular weight is 249 g/mol. The minimum atomic E-state index is -3.34. The zero-order valence-electron chi connectivity index (χ0n) is 10.3. The van der Waals surface area contributed by atoms with Crippen LogP contribution in [0.1, 0.15) is 33.1 Å². The average Bonchev–Trinajstić information content (AvgIpc) is 2.60. The van der Waals surface area contributed by atoms with Crippen LogP contribution in [0.5, 0.6) is 0 Å². The molecule has 0 spiro atoms. The van der Waals surface area contributed by atoms with Crippen molar-refractivity contribution in [2.24, 2.45) is 11.7 Å². The third kappa shape index (κ3) is 3.41. The lowest BCUT2D eigenvalue weighted by Crippen LogP contribution is -2.45. The fraction of sp³-hybridized carbons (Fsp3) is 1.00. The molecule has 1 aliphatic carbocycles. The first-order chi connectivity index (χ1) is 7.34. The molecular formula is C10H23N3O2S. The molecule has 96 valence electrons. The van der Waals surface area contributed by atoms with Crippen LogP contribution >= 0.6 is 0 Å². The molecule has 3 N–H and O–H groups in total. The molecule has 0 aliphatic heterocycles. The van der Waals surface area contributed by atoms with Crippen LogP contribution in [-0.2, 0) is 10.2 Å². The van der Waals surface area contributed by atoms with Gasteiger partial charge in [0.25, 0.3) is 10.2 Å². The van der Waals surface area contributed by atoms with E-state index in [0.29, 0.717) is 6.54 Å². The summed E-state index contributed by atoms with van der Waals surface area (Å²) in [6.45, 7) is 4.15. The third-order valence-corrected chi connectivity index (χ3v) is 5.06. The highest BCUT2D eigenvalue weighted by atomic mass is 32.2. The molecule has 0 aromatic heterocycles. The Hall–Kier alpha value is -0.170. The van der Waals surface area contributed by atoms with Crippen molar-refractivity contribution in [2.75, 3.05) is 13.6 Å². The molecule has 2 unspecified atom stereocenters. The van der Waals surface area contributed by atoms with Crippen molar-refractivity contribution in [3.8, 4) is 0 Å². The monoisotopic (exact) mass is 249 g/mol. The predicted octanol–water partition coefficient (Wildman–Crippen LogP) is 0.288. The number of hydrogen-bond acceptors (Lipinski definition) is 3. The Balaban J connectivity index is 2.48. The molecule has 0 radical (unpaired) electrons. The Morgan fingerprint density at radius 1 is 1.44 bits per heavy atom. The van der Waals surface area contributed by atoms with Gasteiger partial charge < -0.3 is 5.73 Å². The van der Waals surface area contributed by atoms with Crippen LogP contribution in [0, 0.1) is 5.92 Å². The van der Waals surface area contributed by atoms with Crippen LogP contribution in [0.25, 0.3) is 0 Å². The van der Waals surface area contributed by atoms with E-state index in [0.717, 1.165) is 19.3 Å². The van der Waals surface area contributed by atoms with Crippen molar-refractivity contribution in [1.29, 1.82) is 0 Å². The molecule has 6 heteroatoms. The Morgan fingerprint density at radius 2 is 2.06 bits per heavy atom. The van der Waals surface area contributed by atoms with Gasteiger partial charge >= 0.3 is 0 Å². The van der Waals surface area contributed by atoms with E-state index in [4.69, 9.17) is 5.73 Å². The first kappa shape index (κ1) is 13.9. The van der Waals surface area contributed by atoms with Gasteiger partial charge in [-0.25, -0.2) is 4.72 Å². The number of nitrogens with zero attached hydrogens (tertiary/aromatic N) is 1. The van der Waals surface area contributed by atoms with E-state index in [1.54, 1.807) is 7.05 Å². The van der Waals surface area contributed by atoms with Crippen molar-refractivity contribution >= 4 is 10.2 Å². The van der Waals surface area contributed by atoms with Gasteiger partial charge in [0.05, 0.1) is 0 Å². The smallest absolute Gasteiger partial charge is 0.279 e. The summed E-state index contributed by atoms with van der Waals surface area (Å²) in [4.78, 5) is 0. The maximum Gasteiger partial charge on any atom is 0.279 e. The van der Waals surface area contributed by atoms with Gasteiger partial charge in [0.2, 0.25) is 0 Å². The lowest BCUT2D eigenvalue weighted by atomic mass is 10.1. The SMILES string of the molecule is CC(C)N(C)S(=O)(=O)NCC1CCCC1N. The Kier molecular flexibility index (Phi) is 4.73. The lowest BCUT2D eigenvalue weighted by Gasteiger charge is -2.23. The molecule has 0 bridgehead atoms. The second-order valence-electron chi connectivity index (χ2n) is 4.82. The van der Waals surface area contributed by atoms with Gasteiger partial charge in [-0.15, -0.1) is 0 Å². The molecular weight excluding hydrogens is 226 g/mol. The van der Waals surface area contributed by atoms with Crippen LogP contribution in [0.4, 0.5) is 0 Å². The van der Waals surface area contributed by atoms with Gasteiger partial charge in [-0.3, -0.25) is 0 Å². The highest BCUT2D eigenvalue weighted by molar-refractivity contribution is 7.87. The van der Waals surface area contributed by atoms with Crippen molar-refractivity contribution in [1.82, 2.24) is 9.03 Å². The summed E-state index contributed by atoms with van der Waals surface area (Å²) < 4.78 is 27.6. The minimum absolute atomic E-state index is 0.0326. The molecule has 1 rings (SSSR count).